The maximum absolute atomic E-state index is 10.1. The third-order valence-electron chi connectivity index (χ3n) is 0.809. The van der Waals surface area contributed by atoms with Crippen LogP contribution in [-0.2, 0) is 4.79 Å². The lowest BCUT2D eigenvalue weighted by molar-refractivity contribution is -0.305. The Bertz CT molecular complexity index is 61.1. The van der Waals surface area contributed by atoms with Crippen LogP contribution in [0.25, 0.3) is 0 Å². The van der Waals surface area contributed by atoms with Crippen LogP contribution in [0, 0.1) is 0 Å². The van der Waals surface area contributed by atoms with Gasteiger partial charge in [0.2, 0.25) is 0 Å². The number of hydrogen-bond donors (Lipinski definition) is 1. The molecule has 0 aliphatic carbocycles. The van der Waals surface area contributed by atoms with Crippen LogP contribution in [0.1, 0.15) is 26.2 Å². The first-order valence-corrected chi connectivity index (χ1v) is 2.62. The van der Waals surface area contributed by atoms with Crippen LogP contribution in [0.3, 0.4) is 0 Å². The Kier molecular flexibility index (Phi) is 3.61. The molecule has 0 aromatic rings. The molecule has 0 bridgehead atoms. The van der Waals surface area contributed by atoms with Crippen molar-refractivity contribution in [2.45, 2.75) is 26.2 Å². The largest absolute Gasteiger partial charge is 0.308 e. The van der Waals surface area contributed by atoms with E-state index in [1.165, 1.54) is 0 Å². The molecule has 0 saturated carbocycles. The van der Waals surface area contributed by atoms with Crippen molar-refractivity contribution in [1.29, 1.82) is 0 Å². The van der Waals surface area contributed by atoms with Gasteiger partial charge in [0.15, 0.2) is 0 Å². The lowest BCUT2D eigenvalue weighted by Crippen LogP contribution is -2.56. The zero-order valence-corrected chi connectivity index (χ0v) is 4.74. The van der Waals surface area contributed by atoms with E-state index in [1.54, 1.807) is 0 Å². The highest BCUT2D eigenvalue weighted by molar-refractivity contribution is 5.63. The normalized spacial score (nSPS) is 8.86. The van der Waals surface area contributed by atoms with E-state index in [0.717, 1.165) is 12.8 Å². The average Bonchev–Trinajstić information content (AvgIpc) is 1.61. The fourth-order valence-electron chi connectivity index (χ4n) is 0.374. The van der Waals surface area contributed by atoms with E-state index in [0.29, 0.717) is 6.42 Å². The van der Waals surface area contributed by atoms with Gasteiger partial charge in [0.1, 0.15) is 0 Å². The van der Waals surface area contributed by atoms with Crippen molar-refractivity contribution in [3.63, 3.8) is 0 Å². The minimum absolute atomic E-state index is 0.0573. The number of carbonyl (C=O) groups excluding carboxylic acids is 1. The summed E-state index contributed by atoms with van der Waals surface area (Å²) in [5.41, 5.74) is 3.24. The number of rotatable bonds is 3. The van der Waals surface area contributed by atoms with Gasteiger partial charge in [-0.25, -0.2) is 4.79 Å². The van der Waals surface area contributed by atoms with Gasteiger partial charge in [-0.3, -0.25) is 5.73 Å². The van der Waals surface area contributed by atoms with E-state index in [1.807, 2.05) is 0 Å². The number of hydrogen-bond acceptors (Lipinski definition) is 1. The second-order valence-electron chi connectivity index (χ2n) is 1.64. The van der Waals surface area contributed by atoms with Gasteiger partial charge in [-0.1, -0.05) is 13.3 Å². The zero-order chi connectivity index (χ0) is 5.70. The fraction of sp³-hybridized carbons (Fsp3) is 0.800. The topological polar surface area (TPSA) is 44.7 Å². The Labute approximate surface area is 43.7 Å². The zero-order valence-electron chi connectivity index (χ0n) is 4.74. The molecule has 0 aromatic heterocycles. The van der Waals surface area contributed by atoms with Gasteiger partial charge >= 0.3 is 5.91 Å². The van der Waals surface area contributed by atoms with E-state index in [4.69, 9.17) is 0 Å². The smallest absolute Gasteiger partial charge is 0.295 e. The predicted molar refractivity (Wildman–Crippen MR) is 27.4 cm³/mol. The van der Waals surface area contributed by atoms with E-state index in [9.17, 15) is 4.79 Å². The molecule has 42 valence electrons. The van der Waals surface area contributed by atoms with Crippen LogP contribution < -0.4 is 5.73 Å². The molecule has 0 aliphatic heterocycles. The van der Waals surface area contributed by atoms with E-state index in [-0.39, 0.29) is 5.91 Å². The van der Waals surface area contributed by atoms with Gasteiger partial charge in [0.05, 0.1) is 6.42 Å². The molecule has 0 spiro atoms. The minimum atomic E-state index is 0.0573. The second-order valence-corrected chi connectivity index (χ2v) is 1.64. The Morgan fingerprint density at radius 1 is 1.71 bits per heavy atom. The van der Waals surface area contributed by atoms with Gasteiger partial charge in [-0.2, -0.15) is 0 Å². The molecule has 2 nitrogen and oxygen atoms in total. The molecule has 0 aliphatic rings. The van der Waals surface area contributed by atoms with E-state index in [2.05, 4.69) is 12.7 Å². The van der Waals surface area contributed by atoms with Crippen LogP contribution in [0.4, 0.5) is 0 Å². The van der Waals surface area contributed by atoms with Crippen LogP contribution in [-0.4, -0.2) is 5.91 Å². The molecule has 0 fully saturated rings. The van der Waals surface area contributed by atoms with Crippen LogP contribution >= 0.6 is 0 Å². The third kappa shape index (κ3) is 5.63. The molecular formula is C5H12NO+. The lowest BCUT2D eigenvalue weighted by Gasteiger charge is -1.83. The molecule has 0 rings (SSSR count). The quantitative estimate of drug-likeness (QED) is 0.533. The van der Waals surface area contributed by atoms with Crippen molar-refractivity contribution < 1.29 is 10.5 Å². The van der Waals surface area contributed by atoms with Crippen molar-refractivity contribution in [3.05, 3.63) is 0 Å². The standard InChI is InChI=1S/C5H11NO/c1-2-3-4-5(6)7/h2-4H2,1H3,(H2,6,7)/p+1. The molecule has 1 amide bonds. The molecule has 0 atom stereocenters. The van der Waals surface area contributed by atoms with Gasteiger partial charge in [0.25, 0.3) is 0 Å². The molecular weight excluding hydrogens is 90.1 g/mol. The average molecular weight is 102 g/mol. The highest BCUT2D eigenvalue weighted by Crippen LogP contribution is 1.89. The van der Waals surface area contributed by atoms with Crippen molar-refractivity contribution >= 4 is 5.91 Å². The fourth-order valence-corrected chi connectivity index (χ4v) is 0.374. The number of carbonyl (C=O) groups is 1. The summed E-state index contributed by atoms with van der Waals surface area (Å²) in [7, 11) is 0. The van der Waals surface area contributed by atoms with Crippen LogP contribution in [0.15, 0.2) is 0 Å². The molecule has 0 radical (unpaired) electrons. The van der Waals surface area contributed by atoms with E-state index >= 15 is 0 Å². The first-order chi connectivity index (χ1) is 3.27. The highest BCUT2D eigenvalue weighted by Gasteiger charge is 1.92. The Morgan fingerprint density at radius 3 is 2.43 bits per heavy atom. The predicted octanol–water partition coefficient (Wildman–Crippen LogP) is -0.0549. The Morgan fingerprint density at radius 2 is 2.29 bits per heavy atom. The van der Waals surface area contributed by atoms with Crippen LogP contribution in [0.2, 0.25) is 0 Å². The first-order valence-electron chi connectivity index (χ1n) is 2.62. The highest BCUT2D eigenvalue weighted by atomic mass is 16.1. The number of unbranched alkanes of at least 4 members (excludes halogenated alkanes) is 1. The Balaban J connectivity index is 2.82. The lowest BCUT2D eigenvalue weighted by atomic mass is 10.2. The summed E-state index contributed by atoms with van der Waals surface area (Å²) >= 11 is 0. The number of amides is 1. The molecule has 0 aromatic carbocycles. The second kappa shape index (κ2) is 3.81. The summed E-state index contributed by atoms with van der Waals surface area (Å²) in [4.78, 5) is 10.1. The molecule has 7 heavy (non-hydrogen) atoms. The van der Waals surface area contributed by atoms with Gasteiger partial charge in [-0.15, -0.1) is 0 Å². The SMILES string of the molecule is CCCCC([NH3+])=O. The molecule has 2 heteroatoms. The van der Waals surface area contributed by atoms with Crippen molar-refractivity contribution in [1.82, 2.24) is 0 Å². The molecule has 0 heterocycles. The minimum Gasteiger partial charge on any atom is -0.295 e. The summed E-state index contributed by atoms with van der Waals surface area (Å²) in [6, 6.07) is 0. The van der Waals surface area contributed by atoms with Gasteiger partial charge < -0.3 is 0 Å². The van der Waals surface area contributed by atoms with Crippen molar-refractivity contribution in [2.24, 2.45) is 0 Å². The van der Waals surface area contributed by atoms with Crippen LogP contribution in [0.5, 0.6) is 0 Å². The maximum atomic E-state index is 10.1. The Hall–Kier alpha value is -0.370. The summed E-state index contributed by atoms with van der Waals surface area (Å²) < 4.78 is 0. The molecule has 3 N–H and O–H groups in total. The number of quaternary nitrogens is 1. The van der Waals surface area contributed by atoms with Crippen molar-refractivity contribution in [3.8, 4) is 0 Å². The maximum Gasteiger partial charge on any atom is 0.308 e. The summed E-state index contributed by atoms with van der Waals surface area (Å²) in [6.07, 6.45) is 2.72. The summed E-state index contributed by atoms with van der Waals surface area (Å²) in [6.45, 7) is 2.06. The van der Waals surface area contributed by atoms with E-state index < -0.39 is 0 Å². The van der Waals surface area contributed by atoms with Crippen molar-refractivity contribution in [2.75, 3.05) is 0 Å². The first kappa shape index (κ1) is 6.63. The third-order valence-corrected chi connectivity index (χ3v) is 0.809. The summed E-state index contributed by atoms with van der Waals surface area (Å²) in [5, 5.41) is 0. The monoisotopic (exact) mass is 102 g/mol. The molecule has 0 saturated heterocycles. The van der Waals surface area contributed by atoms with Gasteiger partial charge in [0, 0.05) is 0 Å². The summed E-state index contributed by atoms with van der Waals surface area (Å²) in [5.74, 6) is 0.0573. The van der Waals surface area contributed by atoms with Gasteiger partial charge in [-0.05, 0) is 6.42 Å². The molecule has 0 unspecified atom stereocenters.